The minimum atomic E-state index is 0.259. The summed E-state index contributed by atoms with van der Waals surface area (Å²) in [7, 11) is 0. The van der Waals surface area contributed by atoms with Crippen LogP contribution in [0.3, 0.4) is 0 Å². The van der Waals surface area contributed by atoms with E-state index in [0.717, 1.165) is 88.9 Å². The normalized spacial score (nSPS) is 29.8. The number of hydrogen-bond acceptors (Lipinski definition) is 6. The van der Waals surface area contributed by atoms with E-state index in [1.807, 2.05) is 0 Å². The van der Waals surface area contributed by atoms with E-state index in [9.17, 15) is 10.2 Å². The number of allylic oxidation sites excluding steroid dienone is 4. The van der Waals surface area contributed by atoms with Crippen molar-refractivity contribution in [3.05, 3.63) is 24.3 Å². The van der Waals surface area contributed by atoms with Gasteiger partial charge in [-0.15, -0.1) is 0 Å². The van der Waals surface area contributed by atoms with Crippen LogP contribution in [0.15, 0.2) is 24.3 Å². The van der Waals surface area contributed by atoms with E-state index < -0.39 is 0 Å². The summed E-state index contributed by atoms with van der Waals surface area (Å²) in [5.74, 6) is 4.09. The molecule has 4 bridgehead atoms. The standard InChI is InChI=1S/C19H34O3.C16H28O3/c20-12-4-1-7-18-16-8-9-17(15-16)19(18,10-2-5-13-21)11-3-6-14-22;17-9-1-4-15-13-5-6-14(12-13)16(15,7-2-10-18)8-3-11-19/h8-9,16-18,20-22H,1-7,10-15H2;5-6,13-15,17-19H,1-4,7-12H2. The molecule has 2 saturated carbocycles. The van der Waals surface area contributed by atoms with Crippen LogP contribution in [0.1, 0.15) is 109 Å². The topological polar surface area (TPSA) is 121 Å². The highest BCUT2D eigenvalue weighted by Crippen LogP contribution is 2.63. The van der Waals surface area contributed by atoms with Crippen molar-refractivity contribution in [2.75, 3.05) is 39.6 Å². The Hall–Kier alpha value is -0.760. The summed E-state index contributed by atoms with van der Waals surface area (Å²) in [6.45, 7) is 1.69. The van der Waals surface area contributed by atoms with Crippen molar-refractivity contribution in [2.45, 2.75) is 109 Å². The Morgan fingerprint density at radius 2 is 0.780 bits per heavy atom. The molecule has 238 valence electrons. The van der Waals surface area contributed by atoms with Crippen molar-refractivity contribution in [3.8, 4) is 0 Å². The van der Waals surface area contributed by atoms with Gasteiger partial charge in [0.25, 0.3) is 0 Å². The van der Waals surface area contributed by atoms with E-state index in [-0.39, 0.29) is 25.2 Å². The van der Waals surface area contributed by atoms with Crippen LogP contribution >= 0.6 is 0 Å². The predicted molar refractivity (Wildman–Crippen MR) is 165 cm³/mol. The third-order valence-corrected chi connectivity index (χ3v) is 11.5. The SMILES string of the molecule is OCCCC1C2C=CC(C2)C1(CCCO)CCCO.OCCCCC1C2C=CC(C2)C1(CCCCO)CCCCO. The molecule has 6 N–H and O–H groups in total. The summed E-state index contributed by atoms with van der Waals surface area (Å²) in [5.41, 5.74) is 0.652. The summed E-state index contributed by atoms with van der Waals surface area (Å²) < 4.78 is 0. The molecule has 0 radical (unpaired) electrons. The number of fused-ring (bicyclic) bond motifs is 4. The Bertz CT molecular complexity index is 748. The average molecular weight is 579 g/mol. The van der Waals surface area contributed by atoms with Crippen molar-refractivity contribution in [1.82, 2.24) is 0 Å². The third kappa shape index (κ3) is 8.45. The molecular weight excluding hydrogens is 516 g/mol. The monoisotopic (exact) mass is 578 g/mol. The molecule has 6 unspecified atom stereocenters. The zero-order valence-electron chi connectivity index (χ0n) is 25.7. The van der Waals surface area contributed by atoms with Gasteiger partial charge in [0.2, 0.25) is 0 Å². The van der Waals surface area contributed by atoms with Crippen LogP contribution in [0, 0.1) is 46.3 Å². The van der Waals surface area contributed by atoms with E-state index in [1.165, 1.54) is 32.1 Å². The number of aliphatic hydroxyl groups excluding tert-OH is 6. The number of hydrogen-bond donors (Lipinski definition) is 6. The molecule has 0 aromatic rings. The summed E-state index contributed by atoms with van der Waals surface area (Å²) in [6, 6.07) is 0. The first-order valence-corrected chi connectivity index (χ1v) is 17.1. The first-order chi connectivity index (χ1) is 20.1. The zero-order valence-corrected chi connectivity index (χ0v) is 25.7. The summed E-state index contributed by atoms with van der Waals surface area (Å²) in [4.78, 5) is 0. The second-order valence-corrected chi connectivity index (χ2v) is 13.6. The van der Waals surface area contributed by atoms with Gasteiger partial charge in [0, 0.05) is 39.6 Å². The van der Waals surface area contributed by atoms with Crippen LogP contribution in [0.5, 0.6) is 0 Å². The Labute approximate surface area is 250 Å². The zero-order chi connectivity index (χ0) is 29.6. The summed E-state index contributed by atoms with van der Waals surface area (Å²) in [6.07, 6.45) is 27.7. The van der Waals surface area contributed by atoms with Gasteiger partial charge in [-0.2, -0.15) is 0 Å². The molecule has 6 nitrogen and oxygen atoms in total. The van der Waals surface area contributed by atoms with Crippen LogP contribution in [-0.4, -0.2) is 70.3 Å². The van der Waals surface area contributed by atoms with E-state index in [0.29, 0.717) is 48.9 Å². The van der Waals surface area contributed by atoms with Crippen LogP contribution in [0.25, 0.3) is 0 Å². The molecular formula is C35H62O6. The molecule has 6 atom stereocenters. The molecule has 0 amide bonds. The lowest BCUT2D eigenvalue weighted by molar-refractivity contribution is 0.0745. The maximum Gasteiger partial charge on any atom is 0.0431 e. The molecule has 4 rings (SSSR count). The van der Waals surface area contributed by atoms with Gasteiger partial charge in [0.05, 0.1) is 0 Å². The highest BCUT2D eigenvalue weighted by atomic mass is 16.3. The van der Waals surface area contributed by atoms with E-state index in [2.05, 4.69) is 24.3 Å². The maximum atomic E-state index is 9.19. The molecule has 6 heteroatoms. The Kier molecular flexibility index (Phi) is 15.4. The minimum absolute atomic E-state index is 0.259. The lowest BCUT2D eigenvalue weighted by Gasteiger charge is -2.43. The predicted octanol–water partition coefficient (Wildman–Crippen LogP) is 5.40. The van der Waals surface area contributed by atoms with Gasteiger partial charge in [-0.1, -0.05) is 43.6 Å². The van der Waals surface area contributed by atoms with Gasteiger partial charge >= 0.3 is 0 Å². The van der Waals surface area contributed by atoms with Gasteiger partial charge in [-0.3, -0.25) is 0 Å². The number of unbranched alkanes of at least 4 members (excludes halogenated alkanes) is 3. The molecule has 0 spiro atoms. The fourth-order valence-electron chi connectivity index (χ4n) is 9.78. The molecule has 0 aromatic heterocycles. The van der Waals surface area contributed by atoms with Crippen molar-refractivity contribution >= 4 is 0 Å². The third-order valence-electron chi connectivity index (χ3n) is 11.5. The molecule has 4 aliphatic carbocycles. The number of aliphatic hydroxyl groups is 6. The lowest BCUT2D eigenvalue weighted by Crippen LogP contribution is -2.35. The smallest absolute Gasteiger partial charge is 0.0431 e. The Morgan fingerprint density at radius 1 is 0.415 bits per heavy atom. The van der Waals surface area contributed by atoms with Crippen molar-refractivity contribution in [1.29, 1.82) is 0 Å². The van der Waals surface area contributed by atoms with Gasteiger partial charge in [-0.05, 0) is 136 Å². The quantitative estimate of drug-likeness (QED) is 0.0802. The summed E-state index contributed by atoms with van der Waals surface area (Å²) >= 11 is 0. The van der Waals surface area contributed by atoms with Gasteiger partial charge in [0.15, 0.2) is 0 Å². The van der Waals surface area contributed by atoms with Gasteiger partial charge < -0.3 is 30.6 Å². The van der Waals surface area contributed by atoms with Crippen LogP contribution < -0.4 is 0 Å². The van der Waals surface area contributed by atoms with E-state index >= 15 is 0 Å². The lowest BCUT2D eigenvalue weighted by atomic mass is 9.62. The van der Waals surface area contributed by atoms with E-state index in [1.54, 1.807) is 0 Å². The molecule has 4 aliphatic rings. The fraction of sp³-hybridized carbons (Fsp3) is 0.886. The van der Waals surface area contributed by atoms with Crippen LogP contribution in [-0.2, 0) is 0 Å². The Balaban J connectivity index is 0.000000228. The highest BCUT2D eigenvalue weighted by molar-refractivity contribution is 5.20. The minimum Gasteiger partial charge on any atom is -0.396 e. The van der Waals surface area contributed by atoms with Crippen molar-refractivity contribution < 1.29 is 30.6 Å². The number of rotatable bonds is 21. The van der Waals surface area contributed by atoms with E-state index in [4.69, 9.17) is 20.4 Å². The Morgan fingerprint density at radius 3 is 1.20 bits per heavy atom. The molecule has 0 saturated heterocycles. The average Bonchev–Trinajstić information content (AvgIpc) is 3.77. The van der Waals surface area contributed by atoms with Crippen molar-refractivity contribution in [2.24, 2.45) is 46.3 Å². The molecule has 0 aromatic carbocycles. The summed E-state index contributed by atoms with van der Waals surface area (Å²) in [5, 5.41) is 54.9. The second-order valence-electron chi connectivity index (χ2n) is 13.6. The first-order valence-electron chi connectivity index (χ1n) is 17.1. The van der Waals surface area contributed by atoms with Gasteiger partial charge in [-0.25, -0.2) is 0 Å². The van der Waals surface area contributed by atoms with Crippen LogP contribution in [0.4, 0.5) is 0 Å². The molecule has 41 heavy (non-hydrogen) atoms. The van der Waals surface area contributed by atoms with Crippen molar-refractivity contribution in [3.63, 3.8) is 0 Å². The highest BCUT2D eigenvalue weighted by Gasteiger charge is 2.55. The van der Waals surface area contributed by atoms with Gasteiger partial charge in [0.1, 0.15) is 0 Å². The maximum absolute atomic E-state index is 9.19. The molecule has 0 aliphatic heterocycles. The second kappa shape index (κ2) is 18.1. The first kappa shape index (κ1) is 34.7. The fourth-order valence-corrected chi connectivity index (χ4v) is 9.78. The largest absolute Gasteiger partial charge is 0.396 e. The molecule has 0 heterocycles. The van der Waals surface area contributed by atoms with Crippen LogP contribution in [0.2, 0.25) is 0 Å². The molecule has 2 fully saturated rings.